The zero-order valence-electron chi connectivity index (χ0n) is 11.7. The van der Waals surface area contributed by atoms with E-state index in [9.17, 15) is 4.79 Å². The van der Waals surface area contributed by atoms with E-state index in [1.165, 1.54) is 0 Å². The summed E-state index contributed by atoms with van der Waals surface area (Å²) in [5, 5.41) is 7.45. The number of nitrogens with one attached hydrogen (secondary N) is 2. The Balaban J connectivity index is 1.70. The van der Waals surface area contributed by atoms with E-state index in [1.54, 1.807) is 0 Å². The molecule has 1 unspecified atom stereocenters. The summed E-state index contributed by atoms with van der Waals surface area (Å²) >= 11 is 0. The molecule has 2 N–H and O–H groups in total. The monoisotopic (exact) mass is 272 g/mol. The second-order valence-electron chi connectivity index (χ2n) is 5.46. The maximum Gasteiger partial charge on any atom is 0.230 e. The molecular weight excluding hydrogens is 252 g/mol. The molecule has 1 aromatic heterocycles. The molecule has 1 aliphatic heterocycles. The number of benzene rings is 1. The highest BCUT2D eigenvalue weighted by Gasteiger charge is 2.23. The first-order valence-corrected chi connectivity index (χ1v) is 7.23. The topological polar surface area (TPSA) is 54.3 Å². The quantitative estimate of drug-likeness (QED) is 0.902. The lowest BCUT2D eigenvalue weighted by Gasteiger charge is -2.24. The number of piperidine rings is 1. The van der Waals surface area contributed by atoms with Crippen molar-refractivity contribution in [2.45, 2.75) is 31.7 Å². The number of hydrogen-bond acceptors (Lipinski definition) is 3. The predicted molar refractivity (Wildman–Crippen MR) is 78.7 cm³/mol. The minimum Gasteiger partial charge on any atom is -0.460 e. The van der Waals surface area contributed by atoms with Gasteiger partial charge in [-0.2, -0.15) is 0 Å². The highest BCUT2D eigenvalue weighted by Crippen LogP contribution is 2.25. The highest BCUT2D eigenvalue weighted by molar-refractivity contribution is 5.85. The zero-order valence-corrected chi connectivity index (χ0v) is 11.7. The van der Waals surface area contributed by atoms with Crippen molar-refractivity contribution >= 4 is 16.9 Å². The van der Waals surface area contributed by atoms with Crippen LogP contribution < -0.4 is 10.6 Å². The van der Waals surface area contributed by atoms with Gasteiger partial charge in [0.05, 0.1) is 5.92 Å². The number of hydrogen-bond donors (Lipinski definition) is 2. The van der Waals surface area contributed by atoms with E-state index in [0.29, 0.717) is 0 Å². The summed E-state index contributed by atoms with van der Waals surface area (Å²) in [7, 11) is 0. The van der Waals surface area contributed by atoms with Gasteiger partial charge in [-0.15, -0.1) is 0 Å². The van der Waals surface area contributed by atoms with Crippen LogP contribution in [0.1, 0.15) is 31.4 Å². The second-order valence-corrected chi connectivity index (χ2v) is 5.46. The molecule has 0 spiro atoms. The highest BCUT2D eigenvalue weighted by atomic mass is 16.3. The summed E-state index contributed by atoms with van der Waals surface area (Å²) in [6.07, 6.45) is 2.16. The number of para-hydroxylation sites is 1. The van der Waals surface area contributed by atoms with Crippen molar-refractivity contribution in [1.29, 1.82) is 0 Å². The molecule has 3 rings (SSSR count). The van der Waals surface area contributed by atoms with E-state index in [-0.39, 0.29) is 17.9 Å². The second kappa shape index (κ2) is 5.67. The Labute approximate surface area is 118 Å². The van der Waals surface area contributed by atoms with E-state index < -0.39 is 0 Å². The number of amides is 1. The molecule has 4 heteroatoms. The molecule has 1 fully saturated rings. The molecule has 1 saturated heterocycles. The fourth-order valence-electron chi connectivity index (χ4n) is 2.65. The van der Waals surface area contributed by atoms with E-state index in [1.807, 2.05) is 37.3 Å². The van der Waals surface area contributed by atoms with Gasteiger partial charge in [-0.1, -0.05) is 18.2 Å². The van der Waals surface area contributed by atoms with Crippen LogP contribution in [0.4, 0.5) is 0 Å². The number of furan rings is 1. The molecule has 0 radical (unpaired) electrons. The lowest BCUT2D eigenvalue weighted by atomic mass is 10.0. The number of fused-ring (bicyclic) bond motifs is 1. The predicted octanol–water partition coefficient (Wildman–Crippen LogP) is 2.40. The van der Waals surface area contributed by atoms with Gasteiger partial charge in [0, 0.05) is 18.0 Å². The lowest BCUT2D eigenvalue weighted by molar-refractivity contribution is -0.123. The molecular formula is C16H20N2O2. The van der Waals surface area contributed by atoms with E-state index in [0.717, 1.165) is 42.7 Å². The van der Waals surface area contributed by atoms with Gasteiger partial charge in [0.1, 0.15) is 11.3 Å². The molecule has 106 valence electrons. The van der Waals surface area contributed by atoms with Crippen LogP contribution in [0.5, 0.6) is 0 Å². The van der Waals surface area contributed by atoms with Gasteiger partial charge >= 0.3 is 0 Å². The Morgan fingerprint density at radius 3 is 3.05 bits per heavy atom. The van der Waals surface area contributed by atoms with Crippen molar-refractivity contribution < 1.29 is 9.21 Å². The fraction of sp³-hybridized carbons (Fsp3) is 0.438. The van der Waals surface area contributed by atoms with Crippen LogP contribution >= 0.6 is 0 Å². The van der Waals surface area contributed by atoms with E-state index >= 15 is 0 Å². The third-order valence-electron chi connectivity index (χ3n) is 3.91. The van der Waals surface area contributed by atoms with Crippen LogP contribution in [0.2, 0.25) is 0 Å². The molecule has 20 heavy (non-hydrogen) atoms. The number of carbonyl (C=O) groups is 1. The summed E-state index contributed by atoms with van der Waals surface area (Å²) in [4.78, 5) is 12.3. The molecule has 4 nitrogen and oxygen atoms in total. The maximum absolute atomic E-state index is 12.3. The van der Waals surface area contributed by atoms with E-state index in [2.05, 4.69) is 10.6 Å². The Morgan fingerprint density at radius 1 is 1.45 bits per heavy atom. The van der Waals surface area contributed by atoms with Gasteiger partial charge in [0.2, 0.25) is 5.91 Å². The van der Waals surface area contributed by atoms with Crippen molar-refractivity contribution in [2.24, 2.45) is 0 Å². The number of carbonyl (C=O) groups excluding carboxylic acids is 1. The molecule has 1 amide bonds. The minimum atomic E-state index is -0.260. The van der Waals surface area contributed by atoms with Crippen molar-refractivity contribution in [1.82, 2.24) is 10.6 Å². The smallest absolute Gasteiger partial charge is 0.230 e. The van der Waals surface area contributed by atoms with E-state index in [4.69, 9.17) is 4.42 Å². The van der Waals surface area contributed by atoms with Gasteiger partial charge in [-0.05, 0) is 38.4 Å². The van der Waals surface area contributed by atoms with Gasteiger partial charge in [0.25, 0.3) is 0 Å². The molecule has 2 heterocycles. The van der Waals surface area contributed by atoms with Gasteiger partial charge < -0.3 is 15.1 Å². The van der Waals surface area contributed by atoms with Gasteiger partial charge in [0.15, 0.2) is 0 Å². The van der Waals surface area contributed by atoms with Crippen molar-refractivity contribution in [3.8, 4) is 0 Å². The summed E-state index contributed by atoms with van der Waals surface area (Å²) in [6, 6.07) is 10.0. The van der Waals surface area contributed by atoms with Gasteiger partial charge in [-0.3, -0.25) is 4.79 Å². The lowest BCUT2D eigenvalue weighted by Crippen LogP contribution is -2.46. The molecule has 0 aliphatic carbocycles. The summed E-state index contributed by atoms with van der Waals surface area (Å²) in [5.74, 6) is 0.509. The Hall–Kier alpha value is -1.81. The van der Waals surface area contributed by atoms with Crippen LogP contribution in [-0.2, 0) is 4.79 Å². The van der Waals surface area contributed by atoms with Crippen molar-refractivity contribution in [2.75, 3.05) is 13.1 Å². The standard InChI is InChI=1S/C16H20N2O2/c1-11(16(19)18-13-6-4-8-17-10-13)15-9-12-5-2-3-7-14(12)20-15/h2-3,5,7,9,11,13,17H,4,6,8,10H2,1H3,(H,18,19)/t11?,13-/m0/s1. The van der Waals surface area contributed by atoms with Crippen LogP contribution in [0.15, 0.2) is 34.7 Å². The molecule has 2 aromatic rings. The fourth-order valence-corrected chi connectivity index (χ4v) is 2.65. The van der Waals surface area contributed by atoms with Crippen molar-refractivity contribution in [3.63, 3.8) is 0 Å². The summed E-state index contributed by atoms with van der Waals surface area (Å²) in [5.41, 5.74) is 0.835. The first-order valence-electron chi connectivity index (χ1n) is 7.23. The SMILES string of the molecule is CC(C(=O)N[C@H]1CCCNC1)c1cc2ccccc2o1. The average Bonchev–Trinajstić information content (AvgIpc) is 2.91. The Bertz CT molecular complexity index is 566. The number of rotatable bonds is 3. The molecule has 0 bridgehead atoms. The normalized spacial score (nSPS) is 20.8. The third-order valence-corrected chi connectivity index (χ3v) is 3.91. The molecule has 1 aliphatic rings. The van der Waals surface area contributed by atoms with Gasteiger partial charge in [-0.25, -0.2) is 0 Å². The largest absolute Gasteiger partial charge is 0.460 e. The van der Waals surface area contributed by atoms with Crippen LogP contribution in [0.25, 0.3) is 11.0 Å². The maximum atomic E-state index is 12.3. The average molecular weight is 272 g/mol. The Morgan fingerprint density at radius 2 is 2.30 bits per heavy atom. The zero-order chi connectivity index (χ0) is 13.9. The summed E-state index contributed by atoms with van der Waals surface area (Å²) in [6.45, 7) is 3.80. The Kier molecular flexibility index (Phi) is 3.74. The molecule has 0 saturated carbocycles. The molecule has 2 atom stereocenters. The summed E-state index contributed by atoms with van der Waals surface area (Å²) < 4.78 is 5.76. The minimum absolute atomic E-state index is 0.0396. The molecule has 1 aromatic carbocycles. The van der Waals surface area contributed by atoms with Crippen LogP contribution in [0.3, 0.4) is 0 Å². The van der Waals surface area contributed by atoms with Crippen LogP contribution in [-0.4, -0.2) is 25.0 Å². The first-order chi connectivity index (χ1) is 9.74. The van der Waals surface area contributed by atoms with Crippen LogP contribution in [0, 0.1) is 0 Å². The first kappa shape index (κ1) is 13.2. The third kappa shape index (κ3) is 2.70. The van der Waals surface area contributed by atoms with Crippen molar-refractivity contribution in [3.05, 3.63) is 36.1 Å².